The number of rotatable bonds is 7. The molecule has 2 N–H and O–H groups in total. The molecule has 4 nitrogen and oxygen atoms in total. The van der Waals surface area contributed by atoms with Crippen LogP contribution < -0.4 is 15.4 Å². The zero-order chi connectivity index (χ0) is 13.7. The van der Waals surface area contributed by atoms with Crippen LogP contribution in [0.3, 0.4) is 0 Å². The van der Waals surface area contributed by atoms with E-state index >= 15 is 0 Å². The van der Waals surface area contributed by atoms with Crippen LogP contribution >= 0.6 is 15.9 Å². The van der Waals surface area contributed by atoms with Crippen LogP contribution in [0.15, 0.2) is 22.7 Å². The maximum Gasteiger partial charge on any atom is 0.221 e. The van der Waals surface area contributed by atoms with Crippen molar-refractivity contribution in [3.8, 4) is 5.75 Å². The standard InChI is InChI=1S/C14H19BrN2O2/c1-19-13-5-2-11(15)8-10(13)9-16-7-6-14(18)17-12-3-4-12/h2,5,8,12,16H,3-4,6-7,9H2,1H3,(H,17,18). The van der Waals surface area contributed by atoms with Crippen LogP contribution in [0.5, 0.6) is 5.75 Å². The lowest BCUT2D eigenvalue weighted by Crippen LogP contribution is -2.29. The molecule has 0 atom stereocenters. The van der Waals surface area contributed by atoms with Crippen LogP contribution in [0, 0.1) is 0 Å². The van der Waals surface area contributed by atoms with E-state index in [1.54, 1.807) is 7.11 Å². The van der Waals surface area contributed by atoms with E-state index in [2.05, 4.69) is 26.6 Å². The molecule has 1 aromatic carbocycles. The summed E-state index contributed by atoms with van der Waals surface area (Å²) in [5.41, 5.74) is 1.08. The molecular formula is C14H19BrN2O2. The van der Waals surface area contributed by atoms with Crippen molar-refractivity contribution in [2.45, 2.75) is 31.8 Å². The van der Waals surface area contributed by atoms with E-state index in [9.17, 15) is 4.79 Å². The zero-order valence-corrected chi connectivity index (χ0v) is 12.6. The Morgan fingerprint density at radius 1 is 1.47 bits per heavy atom. The third-order valence-corrected chi connectivity index (χ3v) is 3.52. The van der Waals surface area contributed by atoms with Crippen molar-refractivity contribution >= 4 is 21.8 Å². The molecule has 5 heteroatoms. The third kappa shape index (κ3) is 4.84. The van der Waals surface area contributed by atoms with Crippen LogP contribution in [-0.2, 0) is 11.3 Å². The number of methoxy groups -OCH3 is 1. The molecule has 0 bridgehead atoms. The minimum atomic E-state index is 0.135. The Bertz CT molecular complexity index is 447. The normalized spacial score (nSPS) is 14.2. The van der Waals surface area contributed by atoms with Gasteiger partial charge in [0.15, 0.2) is 0 Å². The Morgan fingerprint density at radius 3 is 2.95 bits per heavy atom. The number of hydrogen-bond donors (Lipinski definition) is 2. The molecule has 0 heterocycles. The molecule has 0 radical (unpaired) electrons. The van der Waals surface area contributed by atoms with E-state index in [-0.39, 0.29) is 5.91 Å². The summed E-state index contributed by atoms with van der Waals surface area (Å²) in [7, 11) is 1.66. The second kappa shape index (κ2) is 6.91. The second-order valence-electron chi connectivity index (χ2n) is 4.72. The predicted molar refractivity (Wildman–Crippen MR) is 78.2 cm³/mol. The lowest BCUT2D eigenvalue weighted by atomic mass is 10.2. The maximum atomic E-state index is 11.5. The summed E-state index contributed by atoms with van der Waals surface area (Å²) in [4.78, 5) is 11.5. The Labute approximate surface area is 122 Å². The molecule has 1 aliphatic rings. The molecule has 0 saturated heterocycles. The van der Waals surface area contributed by atoms with Crippen molar-refractivity contribution < 1.29 is 9.53 Å². The van der Waals surface area contributed by atoms with E-state index in [1.807, 2.05) is 18.2 Å². The predicted octanol–water partition coefficient (Wildman–Crippen LogP) is 2.22. The molecule has 2 rings (SSSR count). The van der Waals surface area contributed by atoms with Gasteiger partial charge in [0.25, 0.3) is 0 Å². The fourth-order valence-electron chi connectivity index (χ4n) is 1.84. The molecule has 1 saturated carbocycles. The molecule has 0 spiro atoms. The third-order valence-electron chi connectivity index (χ3n) is 3.03. The van der Waals surface area contributed by atoms with Gasteiger partial charge in [-0.3, -0.25) is 4.79 Å². The van der Waals surface area contributed by atoms with Crippen molar-refractivity contribution in [3.63, 3.8) is 0 Å². The molecule has 19 heavy (non-hydrogen) atoms. The lowest BCUT2D eigenvalue weighted by molar-refractivity contribution is -0.121. The van der Waals surface area contributed by atoms with E-state index in [0.717, 1.165) is 28.6 Å². The van der Waals surface area contributed by atoms with Crippen LogP contribution in [0.4, 0.5) is 0 Å². The van der Waals surface area contributed by atoms with Crippen molar-refractivity contribution in [2.75, 3.05) is 13.7 Å². The van der Waals surface area contributed by atoms with Crippen molar-refractivity contribution in [3.05, 3.63) is 28.2 Å². The van der Waals surface area contributed by atoms with Gasteiger partial charge in [0, 0.05) is 35.6 Å². The number of carbonyl (C=O) groups excluding carboxylic acids is 1. The first-order valence-corrected chi connectivity index (χ1v) is 7.31. The smallest absolute Gasteiger partial charge is 0.221 e. The van der Waals surface area contributed by atoms with E-state index in [4.69, 9.17) is 4.74 Å². The first-order chi connectivity index (χ1) is 9.19. The summed E-state index contributed by atoms with van der Waals surface area (Å²) >= 11 is 3.44. The van der Waals surface area contributed by atoms with Gasteiger partial charge in [0.2, 0.25) is 5.91 Å². The number of benzene rings is 1. The van der Waals surface area contributed by atoms with Crippen molar-refractivity contribution in [2.24, 2.45) is 0 Å². The largest absolute Gasteiger partial charge is 0.496 e. The molecule has 1 fully saturated rings. The molecule has 1 aliphatic carbocycles. The topological polar surface area (TPSA) is 50.4 Å². The summed E-state index contributed by atoms with van der Waals surface area (Å²) < 4.78 is 6.32. The molecule has 1 aromatic rings. The minimum Gasteiger partial charge on any atom is -0.496 e. The van der Waals surface area contributed by atoms with Gasteiger partial charge in [0.1, 0.15) is 5.75 Å². The van der Waals surface area contributed by atoms with Crippen LogP contribution in [0.1, 0.15) is 24.8 Å². The summed E-state index contributed by atoms with van der Waals surface area (Å²) in [6.07, 6.45) is 2.79. The summed E-state index contributed by atoms with van der Waals surface area (Å²) in [5, 5.41) is 6.24. The average molecular weight is 327 g/mol. The molecule has 104 valence electrons. The maximum absolute atomic E-state index is 11.5. The summed E-state index contributed by atoms with van der Waals surface area (Å²) in [6, 6.07) is 6.35. The fourth-order valence-corrected chi connectivity index (χ4v) is 2.25. The van der Waals surface area contributed by atoms with Gasteiger partial charge >= 0.3 is 0 Å². The molecule has 1 amide bonds. The van der Waals surface area contributed by atoms with Gasteiger partial charge in [-0.15, -0.1) is 0 Å². The van der Waals surface area contributed by atoms with Gasteiger partial charge in [-0.1, -0.05) is 15.9 Å². The van der Waals surface area contributed by atoms with Crippen molar-refractivity contribution in [1.29, 1.82) is 0 Å². The molecule has 0 unspecified atom stereocenters. The van der Waals surface area contributed by atoms with Crippen LogP contribution in [-0.4, -0.2) is 25.6 Å². The monoisotopic (exact) mass is 326 g/mol. The van der Waals surface area contributed by atoms with E-state index in [0.29, 0.717) is 25.6 Å². The average Bonchev–Trinajstić information content (AvgIpc) is 3.19. The minimum absolute atomic E-state index is 0.135. The van der Waals surface area contributed by atoms with E-state index in [1.165, 1.54) is 0 Å². The quantitative estimate of drug-likeness (QED) is 0.755. The molecule has 0 aliphatic heterocycles. The molecular weight excluding hydrogens is 308 g/mol. The SMILES string of the molecule is COc1ccc(Br)cc1CNCCC(=O)NC1CC1. The number of amides is 1. The Hall–Kier alpha value is -1.07. The first-order valence-electron chi connectivity index (χ1n) is 6.51. The highest BCUT2D eigenvalue weighted by atomic mass is 79.9. The fraction of sp³-hybridized carbons (Fsp3) is 0.500. The van der Waals surface area contributed by atoms with Gasteiger partial charge in [-0.25, -0.2) is 0 Å². The Balaban J connectivity index is 1.72. The van der Waals surface area contributed by atoms with Gasteiger partial charge in [-0.2, -0.15) is 0 Å². The molecule has 0 aromatic heterocycles. The highest BCUT2D eigenvalue weighted by Gasteiger charge is 2.22. The van der Waals surface area contributed by atoms with Gasteiger partial charge in [-0.05, 0) is 31.0 Å². The Kier molecular flexibility index (Phi) is 5.22. The van der Waals surface area contributed by atoms with Gasteiger partial charge < -0.3 is 15.4 Å². The Morgan fingerprint density at radius 2 is 2.26 bits per heavy atom. The zero-order valence-electron chi connectivity index (χ0n) is 11.0. The summed E-state index contributed by atoms with van der Waals surface area (Å²) in [5.74, 6) is 0.995. The van der Waals surface area contributed by atoms with E-state index < -0.39 is 0 Å². The number of ether oxygens (including phenoxy) is 1. The first kappa shape index (κ1) is 14.3. The van der Waals surface area contributed by atoms with Gasteiger partial charge in [0.05, 0.1) is 7.11 Å². The highest BCUT2D eigenvalue weighted by molar-refractivity contribution is 9.10. The number of nitrogens with one attached hydrogen (secondary N) is 2. The second-order valence-corrected chi connectivity index (χ2v) is 5.64. The van der Waals surface area contributed by atoms with Crippen LogP contribution in [0.2, 0.25) is 0 Å². The number of hydrogen-bond acceptors (Lipinski definition) is 3. The number of carbonyl (C=O) groups is 1. The summed E-state index contributed by atoms with van der Waals surface area (Å²) in [6.45, 7) is 1.37. The highest BCUT2D eigenvalue weighted by Crippen LogP contribution is 2.22. The van der Waals surface area contributed by atoms with Crippen molar-refractivity contribution in [1.82, 2.24) is 10.6 Å². The lowest BCUT2D eigenvalue weighted by Gasteiger charge is -2.10. The number of halogens is 1. The van der Waals surface area contributed by atoms with Crippen LogP contribution in [0.25, 0.3) is 0 Å².